The molecule has 0 saturated heterocycles. The van der Waals surface area contributed by atoms with Gasteiger partial charge in [-0.3, -0.25) is 4.79 Å². The maximum atomic E-state index is 14.0. The van der Waals surface area contributed by atoms with Crippen LogP contribution in [0, 0.1) is 13.8 Å². The van der Waals surface area contributed by atoms with Gasteiger partial charge in [-0.05, 0) is 72.5 Å². The van der Waals surface area contributed by atoms with Crippen molar-refractivity contribution < 1.29 is 27.4 Å². The maximum Gasteiger partial charge on any atom is 0.249 e. The molecule has 1 unspecified atom stereocenters. The van der Waals surface area contributed by atoms with E-state index in [0.717, 1.165) is 22.6 Å². The minimum absolute atomic E-state index is 0.0590. The number of aromatic nitrogens is 1. The average Bonchev–Trinajstić information content (AvgIpc) is 3.51. The predicted octanol–water partition coefficient (Wildman–Crippen LogP) is 4.96. The number of carbonyl (C=O) groups is 1. The zero-order chi connectivity index (χ0) is 31.3. The Morgan fingerprint density at radius 1 is 0.886 bits per heavy atom. The topological polar surface area (TPSA) is 90.3 Å². The molecule has 9 nitrogen and oxygen atoms in total. The summed E-state index contributed by atoms with van der Waals surface area (Å²) in [7, 11) is -0.712. The normalized spacial score (nSPS) is 14.8. The van der Waals surface area contributed by atoms with Crippen LogP contribution in [0.3, 0.4) is 0 Å². The molecule has 0 fully saturated rings. The number of methoxy groups -OCH3 is 2. The van der Waals surface area contributed by atoms with Gasteiger partial charge in [0.25, 0.3) is 0 Å². The minimum atomic E-state index is -3.89. The lowest BCUT2D eigenvalue weighted by molar-refractivity contribution is -0.139. The highest BCUT2D eigenvalue weighted by Gasteiger charge is 2.33. The summed E-state index contributed by atoms with van der Waals surface area (Å²) < 4.78 is 48.2. The number of hydrogen-bond donors (Lipinski definition) is 0. The Morgan fingerprint density at radius 2 is 1.57 bits per heavy atom. The fourth-order valence-electron chi connectivity index (χ4n) is 5.83. The summed E-state index contributed by atoms with van der Waals surface area (Å²) in [6, 6.07) is 24.4. The van der Waals surface area contributed by atoms with Gasteiger partial charge in [0.15, 0.2) is 0 Å². The van der Waals surface area contributed by atoms with Crippen LogP contribution in [-0.4, -0.2) is 68.6 Å². The number of amides is 1. The van der Waals surface area contributed by atoms with Crippen LogP contribution in [0.5, 0.6) is 11.5 Å². The minimum Gasteiger partial charge on any atom is -0.497 e. The molecule has 0 saturated carbocycles. The number of aryl methyl sites for hydroxylation is 2. The Labute approximate surface area is 259 Å². The molecule has 232 valence electrons. The van der Waals surface area contributed by atoms with Crippen LogP contribution < -0.4 is 9.47 Å². The summed E-state index contributed by atoms with van der Waals surface area (Å²) in [5, 5.41) is 0. The van der Waals surface area contributed by atoms with Crippen LogP contribution in [0.2, 0.25) is 0 Å². The second-order valence-electron chi connectivity index (χ2n) is 10.9. The van der Waals surface area contributed by atoms with Gasteiger partial charge in [-0.15, -0.1) is 0 Å². The largest absolute Gasteiger partial charge is 0.497 e. The SMILES string of the molecule is COc1ccc(C2c3cccn3CCN2C(=O)COCCN(Cc2ccccc2)S(=O)(=O)c2c(C)cc(OC)cc2C)cc1. The van der Waals surface area contributed by atoms with Crippen molar-refractivity contribution in [2.75, 3.05) is 40.5 Å². The molecule has 1 aromatic heterocycles. The van der Waals surface area contributed by atoms with Crippen LogP contribution in [-0.2, 0) is 32.6 Å². The Kier molecular flexibility index (Phi) is 9.73. The molecule has 44 heavy (non-hydrogen) atoms. The van der Waals surface area contributed by atoms with Gasteiger partial charge in [0, 0.05) is 38.1 Å². The number of carbonyl (C=O) groups excluding carboxylic acids is 1. The van der Waals surface area contributed by atoms with E-state index in [1.165, 1.54) is 4.31 Å². The van der Waals surface area contributed by atoms with Gasteiger partial charge in [-0.2, -0.15) is 4.31 Å². The van der Waals surface area contributed by atoms with Gasteiger partial charge in [0.1, 0.15) is 18.1 Å². The van der Waals surface area contributed by atoms with Crippen molar-refractivity contribution in [3.63, 3.8) is 0 Å². The molecule has 5 rings (SSSR count). The average molecular weight is 618 g/mol. The Bertz CT molecular complexity index is 1660. The highest BCUT2D eigenvalue weighted by molar-refractivity contribution is 7.89. The monoisotopic (exact) mass is 617 g/mol. The lowest BCUT2D eigenvalue weighted by atomic mass is 9.99. The second kappa shape index (κ2) is 13.7. The highest BCUT2D eigenvalue weighted by atomic mass is 32.2. The Balaban J connectivity index is 1.31. The third kappa shape index (κ3) is 6.67. The number of benzene rings is 3. The van der Waals surface area contributed by atoms with Crippen molar-refractivity contribution in [1.29, 1.82) is 0 Å². The first-order chi connectivity index (χ1) is 21.2. The molecular weight excluding hydrogens is 578 g/mol. The van der Waals surface area contributed by atoms with Gasteiger partial charge in [-0.1, -0.05) is 42.5 Å². The van der Waals surface area contributed by atoms with Crippen molar-refractivity contribution in [1.82, 2.24) is 13.8 Å². The zero-order valence-electron chi connectivity index (χ0n) is 25.6. The maximum absolute atomic E-state index is 14.0. The Morgan fingerprint density at radius 3 is 2.23 bits per heavy atom. The first kappa shape index (κ1) is 31.3. The predicted molar refractivity (Wildman–Crippen MR) is 168 cm³/mol. The van der Waals surface area contributed by atoms with E-state index in [9.17, 15) is 13.2 Å². The van der Waals surface area contributed by atoms with Gasteiger partial charge in [0.2, 0.25) is 15.9 Å². The first-order valence-corrected chi connectivity index (χ1v) is 16.0. The van der Waals surface area contributed by atoms with Gasteiger partial charge in [0.05, 0.1) is 31.8 Å². The number of ether oxygens (including phenoxy) is 3. The van der Waals surface area contributed by atoms with E-state index in [2.05, 4.69) is 4.57 Å². The van der Waals surface area contributed by atoms with Crippen LogP contribution in [0.15, 0.2) is 90.0 Å². The molecule has 2 heterocycles. The summed E-state index contributed by atoms with van der Waals surface area (Å²) in [4.78, 5) is 15.7. The fourth-order valence-corrected chi connectivity index (χ4v) is 7.66. The second-order valence-corrected chi connectivity index (χ2v) is 12.7. The van der Waals surface area contributed by atoms with Crippen LogP contribution in [0.1, 0.15) is 34.0 Å². The van der Waals surface area contributed by atoms with Crippen LogP contribution >= 0.6 is 0 Å². The fraction of sp³-hybridized carbons (Fsp3) is 0.324. The van der Waals surface area contributed by atoms with Gasteiger partial charge >= 0.3 is 0 Å². The first-order valence-electron chi connectivity index (χ1n) is 14.6. The number of rotatable bonds is 12. The van der Waals surface area contributed by atoms with Crippen molar-refractivity contribution in [3.8, 4) is 11.5 Å². The molecule has 1 atom stereocenters. The van der Waals surface area contributed by atoms with E-state index in [0.29, 0.717) is 30.0 Å². The summed E-state index contributed by atoms with van der Waals surface area (Å²) in [6.07, 6.45) is 2.03. The molecule has 3 aromatic carbocycles. The summed E-state index contributed by atoms with van der Waals surface area (Å²) in [6.45, 7) is 4.92. The van der Waals surface area contributed by atoms with Crippen LogP contribution in [0.25, 0.3) is 0 Å². The third-order valence-corrected chi connectivity index (χ3v) is 10.1. The zero-order valence-corrected chi connectivity index (χ0v) is 26.4. The van der Waals surface area contributed by atoms with Crippen molar-refractivity contribution in [2.45, 2.75) is 37.9 Å². The number of sulfonamides is 1. The number of hydrogen-bond acceptors (Lipinski definition) is 6. The molecule has 0 radical (unpaired) electrons. The molecule has 4 aromatic rings. The lowest BCUT2D eigenvalue weighted by Crippen LogP contribution is -2.44. The molecule has 0 bridgehead atoms. The van der Waals surface area contributed by atoms with E-state index in [-0.39, 0.29) is 43.1 Å². The number of nitrogens with zero attached hydrogens (tertiary/aromatic N) is 3. The van der Waals surface area contributed by atoms with Crippen molar-refractivity contribution >= 4 is 15.9 Å². The summed E-state index contributed by atoms with van der Waals surface area (Å²) >= 11 is 0. The highest BCUT2D eigenvalue weighted by Crippen LogP contribution is 2.33. The standard InChI is InChI=1S/C34H39N3O6S/c1-25-21-30(42-4)22-26(2)34(25)44(39,40)36(23-27-9-6-5-7-10-27)19-20-43-24-32(38)37-18-17-35-16-8-11-31(35)33(37)28-12-14-29(41-3)15-13-28/h5-16,21-22,33H,17-20,23-24H2,1-4H3. The molecule has 1 aliphatic rings. The summed E-state index contributed by atoms with van der Waals surface area (Å²) in [5.41, 5.74) is 4.07. The van der Waals surface area contributed by atoms with Crippen molar-refractivity contribution in [2.24, 2.45) is 0 Å². The molecule has 1 amide bonds. The van der Waals surface area contributed by atoms with Gasteiger partial charge < -0.3 is 23.7 Å². The van der Waals surface area contributed by atoms with E-state index < -0.39 is 10.0 Å². The molecule has 0 spiro atoms. The molecule has 0 aliphatic carbocycles. The number of fused-ring (bicyclic) bond motifs is 1. The smallest absolute Gasteiger partial charge is 0.249 e. The third-order valence-electron chi connectivity index (χ3n) is 7.97. The molecule has 1 aliphatic heterocycles. The molecular formula is C34H39N3O6S. The summed E-state index contributed by atoms with van der Waals surface area (Å²) in [5.74, 6) is 1.20. The van der Waals surface area contributed by atoms with Crippen LogP contribution in [0.4, 0.5) is 0 Å². The van der Waals surface area contributed by atoms with E-state index >= 15 is 0 Å². The van der Waals surface area contributed by atoms with E-state index in [4.69, 9.17) is 14.2 Å². The molecule has 10 heteroatoms. The van der Waals surface area contributed by atoms with E-state index in [1.807, 2.05) is 77.8 Å². The lowest BCUT2D eigenvalue weighted by Gasteiger charge is -2.37. The van der Waals surface area contributed by atoms with E-state index in [1.54, 1.807) is 40.2 Å². The Hall–Kier alpha value is -4.12. The van der Waals surface area contributed by atoms with Gasteiger partial charge in [-0.25, -0.2) is 8.42 Å². The van der Waals surface area contributed by atoms with Crippen molar-refractivity contribution in [3.05, 3.63) is 113 Å². The molecule has 0 N–H and O–H groups in total. The quantitative estimate of drug-likeness (QED) is 0.209.